The molecule has 21 heavy (non-hydrogen) atoms. The van der Waals surface area contributed by atoms with Crippen LogP contribution in [0.1, 0.15) is 6.92 Å². The van der Waals surface area contributed by atoms with Gasteiger partial charge >= 0.3 is 0 Å². The van der Waals surface area contributed by atoms with E-state index in [1.165, 1.54) is 17.1 Å². The largest absolute Gasteiger partial charge is 0.376 e. The summed E-state index contributed by atoms with van der Waals surface area (Å²) < 4.78 is 0. The normalized spacial score (nSPS) is 18.1. The van der Waals surface area contributed by atoms with Crippen LogP contribution in [0.15, 0.2) is 54.6 Å². The molecule has 1 heterocycles. The number of nitrogens with zero attached hydrogens (tertiary/aromatic N) is 3. The number of para-hydroxylation sites is 3. The number of benzene rings is 2. The highest BCUT2D eigenvalue weighted by Crippen LogP contribution is 2.33. The Labute approximate surface area is 127 Å². The minimum absolute atomic E-state index is 0.369. The summed E-state index contributed by atoms with van der Waals surface area (Å²) in [6.45, 7) is 4.40. The molecule has 0 amide bonds. The third-order valence-corrected chi connectivity index (χ3v) is 4.24. The third kappa shape index (κ3) is 2.56. The highest BCUT2D eigenvalue weighted by atomic mass is 15.4. The predicted octanol–water partition coefficient (Wildman–Crippen LogP) is 3.43. The van der Waals surface area contributed by atoms with Gasteiger partial charge in [-0.3, -0.25) is 0 Å². The van der Waals surface area contributed by atoms with E-state index in [0.717, 1.165) is 13.1 Å². The molecule has 3 nitrogen and oxygen atoms in total. The maximum atomic E-state index is 2.49. The molecule has 3 rings (SSSR count). The minimum Gasteiger partial charge on any atom is -0.376 e. The fourth-order valence-electron chi connectivity index (χ4n) is 3.13. The van der Waals surface area contributed by atoms with Crippen molar-refractivity contribution in [2.45, 2.75) is 13.1 Å². The van der Waals surface area contributed by atoms with Crippen LogP contribution in [0.25, 0.3) is 0 Å². The quantitative estimate of drug-likeness (QED) is 0.853. The highest BCUT2D eigenvalue weighted by Gasteiger charge is 2.29. The van der Waals surface area contributed by atoms with Crippen LogP contribution in [0.3, 0.4) is 0 Å². The molecule has 0 aromatic heterocycles. The Morgan fingerprint density at radius 3 is 2.19 bits per heavy atom. The Hall–Kier alpha value is -2.16. The van der Waals surface area contributed by atoms with Gasteiger partial charge in [-0.1, -0.05) is 30.3 Å². The van der Waals surface area contributed by atoms with Gasteiger partial charge in [-0.25, -0.2) is 0 Å². The Kier molecular flexibility index (Phi) is 3.74. The van der Waals surface area contributed by atoms with E-state index >= 15 is 0 Å². The predicted molar refractivity (Wildman–Crippen MR) is 91.4 cm³/mol. The van der Waals surface area contributed by atoms with Crippen molar-refractivity contribution in [3.63, 3.8) is 0 Å². The summed E-state index contributed by atoms with van der Waals surface area (Å²) in [5, 5.41) is 0. The summed E-state index contributed by atoms with van der Waals surface area (Å²) in [5.74, 6) is 0. The van der Waals surface area contributed by atoms with Crippen LogP contribution in [0.2, 0.25) is 0 Å². The molecule has 0 spiro atoms. The van der Waals surface area contributed by atoms with Crippen molar-refractivity contribution in [2.24, 2.45) is 0 Å². The lowest BCUT2D eigenvalue weighted by atomic mass is 10.2. The zero-order chi connectivity index (χ0) is 14.8. The van der Waals surface area contributed by atoms with Crippen molar-refractivity contribution in [2.75, 3.05) is 41.9 Å². The molecule has 0 saturated carbocycles. The van der Waals surface area contributed by atoms with Gasteiger partial charge in [0.2, 0.25) is 0 Å². The van der Waals surface area contributed by atoms with E-state index in [-0.39, 0.29) is 0 Å². The van der Waals surface area contributed by atoms with Gasteiger partial charge in [-0.15, -0.1) is 0 Å². The second-order valence-electron chi connectivity index (χ2n) is 5.74. The van der Waals surface area contributed by atoms with Crippen molar-refractivity contribution in [3.8, 4) is 0 Å². The Bertz CT molecular complexity index is 594. The summed E-state index contributed by atoms with van der Waals surface area (Å²) in [5.41, 5.74) is 3.89. The first-order valence-electron chi connectivity index (χ1n) is 7.53. The topological polar surface area (TPSA) is 9.72 Å². The van der Waals surface area contributed by atoms with Crippen LogP contribution in [0.5, 0.6) is 0 Å². The molecule has 1 aliphatic heterocycles. The van der Waals surface area contributed by atoms with Crippen molar-refractivity contribution in [1.82, 2.24) is 0 Å². The molecule has 0 aliphatic carbocycles. The van der Waals surface area contributed by atoms with E-state index in [1.807, 2.05) is 0 Å². The fourth-order valence-corrected chi connectivity index (χ4v) is 3.13. The molecule has 110 valence electrons. The van der Waals surface area contributed by atoms with Crippen LogP contribution in [0, 0.1) is 0 Å². The second-order valence-corrected chi connectivity index (χ2v) is 5.74. The lowest BCUT2D eigenvalue weighted by Gasteiger charge is -2.32. The van der Waals surface area contributed by atoms with Crippen molar-refractivity contribution < 1.29 is 0 Å². The first kappa shape index (κ1) is 13.8. The average molecular weight is 281 g/mol. The zero-order valence-corrected chi connectivity index (χ0v) is 13.0. The van der Waals surface area contributed by atoms with Gasteiger partial charge in [0, 0.05) is 32.9 Å². The van der Waals surface area contributed by atoms with Gasteiger partial charge in [0.1, 0.15) is 0 Å². The number of hydrogen-bond acceptors (Lipinski definition) is 3. The Balaban J connectivity index is 1.89. The third-order valence-electron chi connectivity index (χ3n) is 4.24. The molecule has 1 saturated heterocycles. The van der Waals surface area contributed by atoms with E-state index in [9.17, 15) is 0 Å². The summed E-state index contributed by atoms with van der Waals surface area (Å²) in [6.07, 6.45) is 0.369. The molecule has 0 bridgehead atoms. The first-order chi connectivity index (χ1) is 10.2. The summed E-state index contributed by atoms with van der Waals surface area (Å²) in [7, 11) is 4.21. The van der Waals surface area contributed by atoms with E-state index in [0.29, 0.717) is 6.17 Å². The highest BCUT2D eigenvalue weighted by molar-refractivity contribution is 5.72. The van der Waals surface area contributed by atoms with E-state index in [2.05, 4.69) is 90.3 Å². The van der Waals surface area contributed by atoms with E-state index in [1.54, 1.807) is 0 Å². The molecule has 2 aromatic carbocycles. The van der Waals surface area contributed by atoms with E-state index in [4.69, 9.17) is 0 Å². The SMILES string of the molecule is CC1N(c2ccccc2)CCN1c1ccccc1N(C)C. The van der Waals surface area contributed by atoms with Gasteiger partial charge in [0.15, 0.2) is 0 Å². The van der Waals surface area contributed by atoms with Crippen LogP contribution in [-0.2, 0) is 0 Å². The maximum absolute atomic E-state index is 2.49. The van der Waals surface area contributed by atoms with Crippen LogP contribution >= 0.6 is 0 Å². The molecule has 1 aliphatic rings. The van der Waals surface area contributed by atoms with Crippen LogP contribution < -0.4 is 14.7 Å². The van der Waals surface area contributed by atoms with Gasteiger partial charge in [-0.2, -0.15) is 0 Å². The standard InChI is InChI=1S/C18H23N3/c1-15-20(16-9-5-4-6-10-16)13-14-21(15)18-12-8-7-11-17(18)19(2)3/h4-12,15H,13-14H2,1-3H3. The molecule has 0 N–H and O–H groups in total. The number of hydrogen-bond donors (Lipinski definition) is 0. The lowest BCUT2D eigenvalue weighted by molar-refractivity contribution is 0.732. The van der Waals surface area contributed by atoms with Gasteiger partial charge in [0.25, 0.3) is 0 Å². The first-order valence-corrected chi connectivity index (χ1v) is 7.53. The average Bonchev–Trinajstić information content (AvgIpc) is 2.89. The molecule has 1 unspecified atom stereocenters. The monoisotopic (exact) mass is 281 g/mol. The maximum Gasteiger partial charge on any atom is 0.0989 e. The van der Waals surface area contributed by atoms with E-state index < -0.39 is 0 Å². The van der Waals surface area contributed by atoms with Crippen molar-refractivity contribution >= 4 is 17.1 Å². The Morgan fingerprint density at radius 2 is 1.48 bits per heavy atom. The second kappa shape index (κ2) is 5.68. The molecule has 1 fully saturated rings. The molecular weight excluding hydrogens is 258 g/mol. The van der Waals surface area contributed by atoms with Crippen molar-refractivity contribution in [1.29, 1.82) is 0 Å². The summed E-state index contributed by atoms with van der Waals surface area (Å²) in [4.78, 5) is 7.14. The van der Waals surface area contributed by atoms with Crippen LogP contribution in [0.4, 0.5) is 17.1 Å². The smallest absolute Gasteiger partial charge is 0.0989 e. The number of rotatable bonds is 3. The fraction of sp³-hybridized carbons (Fsp3) is 0.333. The number of anilines is 3. The summed E-state index contributed by atoms with van der Waals surface area (Å²) in [6, 6.07) is 19.3. The molecule has 2 aromatic rings. The van der Waals surface area contributed by atoms with Gasteiger partial charge in [-0.05, 0) is 31.2 Å². The minimum atomic E-state index is 0.369. The lowest BCUT2D eigenvalue weighted by Crippen LogP contribution is -2.36. The molecular formula is C18H23N3. The molecule has 3 heteroatoms. The summed E-state index contributed by atoms with van der Waals surface area (Å²) >= 11 is 0. The van der Waals surface area contributed by atoms with Gasteiger partial charge < -0.3 is 14.7 Å². The van der Waals surface area contributed by atoms with Crippen LogP contribution in [-0.4, -0.2) is 33.4 Å². The molecule has 1 atom stereocenters. The van der Waals surface area contributed by atoms with Gasteiger partial charge in [0.05, 0.1) is 17.5 Å². The zero-order valence-electron chi connectivity index (χ0n) is 13.0. The Morgan fingerprint density at radius 1 is 0.857 bits per heavy atom. The molecule has 0 radical (unpaired) electrons. The van der Waals surface area contributed by atoms with Crippen molar-refractivity contribution in [3.05, 3.63) is 54.6 Å².